The number of urea groups is 1. The van der Waals surface area contributed by atoms with E-state index in [0.717, 1.165) is 21.7 Å². The molecule has 2 amide bonds. The van der Waals surface area contributed by atoms with Gasteiger partial charge < -0.3 is 16.4 Å². The number of hydrogen-bond acceptors (Lipinski definition) is 3. The normalized spacial score (nSPS) is 11.8. The Balaban J connectivity index is 2.09. The highest BCUT2D eigenvalue weighted by Gasteiger charge is 2.06. The van der Waals surface area contributed by atoms with E-state index in [1.165, 1.54) is 0 Å². The van der Waals surface area contributed by atoms with Gasteiger partial charge in [0.1, 0.15) is 0 Å². The van der Waals surface area contributed by atoms with Gasteiger partial charge in [0.25, 0.3) is 0 Å². The lowest BCUT2D eigenvalue weighted by Gasteiger charge is -2.11. The molecule has 2 aromatic rings. The minimum atomic E-state index is -0.279. The molecule has 0 spiro atoms. The maximum absolute atomic E-state index is 12.2. The predicted molar refractivity (Wildman–Crippen MR) is 113 cm³/mol. The van der Waals surface area contributed by atoms with E-state index in [1.54, 1.807) is 17.8 Å². The Morgan fingerprint density at radius 3 is 2.42 bits per heavy atom. The summed E-state index contributed by atoms with van der Waals surface area (Å²) < 4.78 is 0. The lowest BCUT2D eigenvalue weighted by molar-refractivity contribution is 0.262. The minimum Gasteiger partial charge on any atom is -0.402 e. The molecule has 0 aliphatic rings. The molecule has 0 radical (unpaired) electrons. The fourth-order valence-electron chi connectivity index (χ4n) is 2.38. The van der Waals surface area contributed by atoms with Gasteiger partial charge in [0.15, 0.2) is 0 Å². The summed E-state index contributed by atoms with van der Waals surface area (Å²) in [4.78, 5) is 13.2. The third kappa shape index (κ3) is 5.57. The molecule has 26 heavy (non-hydrogen) atoms. The van der Waals surface area contributed by atoms with Gasteiger partial charge in [-0.15, -0.1) is 11.8 Å². The zero-order chi connectivity index (χ0) is 18.9. The fourth-order valence-corrected chi connectivity index (χ4v) is 2.93. The second kappa shape index (κ2) is 9.53. The summed E-state index contributed by atoms with van der Waals surface area (Å²) in [6.07, 6.45) is 7.47. The molecule has 134 valence electrons. The molecule has 0 unspecified atom stereocenters. The average Bonchev–Trinajstić information content (AvgIpc) is 2.62. The van der Waals surface area contributed by atoms with E-state index in [4.69, 9.17) is 5.73 Å². The van der Waals surface area contributed by atoms with Crippen molar-refractivity contribution >= 4 is 34.7 Å². The highest BCUT2D eigenvalue weighted by Crippen LogP contribution is 2.25. The Hall–Kier alpha value is -2.92. The highest BCUT2D eigenvalue weighted by molar-refractivity contribution is 7.98. The van der Waals surface area contributed by atoms with Gasteiger partial charge in [-0.2, -0.15) is 0 Å². The van der Waals surface area contributed by atoms with Crippen LogP contribution in [-0.2, 0) is 0 Å². The Morgan fingerprint density at radius 1 is 1.12 bits per heavy atom. The van der Waals surface area contributed by atoms with Crippen molar-refractivity contribution < 1.29 is 4.79 Å². The largest absolute Gasteiger partial charge is 0.402 e. The molecule has 0 heterocycles. The van der Waals surface area contributed by atoms with E-state index >= 15 is 0 Å². The van der Waals surface area contributed by atoms with Gasteiger partial charge in [0, 0.05) is 16.3 Å². The van der Waals surface area contributed by atoms with E-state index in [2.05, 4.69) is 17.2 Å². The number of para-hydroxylation sites is 1. The van der Waals surface area contributed by atoms with Crippen molar-refractivity contribution in [2.75, 3.05) is 16.9 Å². The number of carbonyl (C=O) groups excluding carboxylic acids is 1. The minimum absolute atomic E-state index is 0.279. The number of nitrogens with one attached hydrogen (secondary N) is 2. The quantitative estimate of drug-likeness (QED) is 0.469. The highest BCUT2D eigenvalue weighted by atomic mass is 32.2. The molecule has 0 saturated carbocycles. The van der Waals surface area contributed by atoms with Gasteiger partial charge in [-0.1, -0.05) is 43.0 Å². The number of carbonyl (C=O) groups is 1. The zero-order valence-electron chi connectivity index (χ0n) is 15.0. The van der Waals surface area contributed by atoms with E-state index in [0.29, 0.717) is 11.4 Å². The van der Waals surface area contributed by atoms with Crippen LogP contribution >= 0.6 is 11.8 Å². The molecule has 5 heteroatoms. The third-order valence-corrected chi connectivity index (χ3v) is 4.31. The van der Waals surface area contributed by atoms with Crippen LogP contribution in [0.1, 0.15) is 12.5 Å². The van der Waals surface area contributed by atoms with E-state index in [1.807, 2.05) is 73.9 Å². The number of allylic oxidation sites excluding steroid dienone is 5. The van der Waals surface area contributed by atoms with Gasteiger partial charge in [0.05, 0.1) is 5.69 Å². The van der Waals surface area contributed by atoms with Gasteiger partial charge in [-0.05, 0) is 54.7 Å². The van der Waals surface area contributed by atoms with Crippen molar-refractivity contribution in [3.63, 3.8) is 0 Å². The summed E-state index contributed by atoms with van der Waals surface area (Å²) in [6, 6.07) is 15.0. The number of amides is 2. The Kier molecular flexibility index (Phi) is 7.12. The van der Waals surface area contributed by atoms with Crippen LogP contribution in [0.2, 0.25) is 0 Å². The summed E-state index contributed by atoms with van der Waals surface area (Å²) >= 11 is 1.59. The summed E-state index contributed by atoms with van der Waals surface area (Å²) in [6.45, 7) is 5.57. The summed E-state index contributed by atoms with van der Waals surface area (Å²) in [5, 5.41) is 5.71. The molecule has 2 aromatic carbocycles. The van der Waals surface area contributed by atoms with Crippen molar-refractivity contribution in [1.29, 1.82) is 0 Å². The van der Waals surface area contributed by atoms with Crippen molar-refractivity contribution in [3.8, 4) is 0 Å². The van der Waals surface area contributed by atoms with E-state index in [9.17, 15) is 4.79 Å². The van der Waals surface area contributed by atoms with Gasteiger partial charge in [-0.3, -0.25) is 0 Å². The fraction of sp³-hybridized carbons (Fsp3) is 0.0952. The molecular formula is C21H23N3OS. The van der Waals surface area contributed by atoms with Crippen LogP contribution in [0.15, 0.2) is 83.9 Å². The predicted octanol–water partition coefficient (Wildman–Crippen LogP) is 5.48. The number of nitrogens with two attached hydrogens (primary N) is 1. The van der Waals surface area contributed by atoms with Crippen molar-refractivity contribution in [1.82, 2.24) is 0 Å². The molecule has 4 N–H and O–H groups in total. The average molecular weight is 366 g/mol. The maximum Gasteiger partial charge on any atom is 0.323 e. The number of anilines is 2. The molecule has 0 aromatic heterocycles. The van der Waals surface area contributed by atoms with Crippen molar-refractivity contribution in [2.24, 2.45) is 5.73 Å². The Morgan fingerprint density at radius 2 is 1.81 bits per heavy atom. The molecule has 0 aliphatic carbocycles. The first-order chi connectivity index (χ1) is 12.5. The van der Waals surface area contributed by atoms with Crippen molar-refractivity contribution in [3.05, 3.63) is 84.6 Å². The third-order valence-electron chi connectivity index (χ3n) is 3.51. The van der Waals surface area contributed by atoms with E-state index in [-0.39, 0.29) is 6.03 Å². The van der Waals surface area contributed by atoms with Crippen LogP contribution in [-0.4, -0.2) is 12.3 Å². The first kappa shape index (κ1) is 19.4. The monoisotopic (exact) mass is 365 g/mol. The number of benzene rings is 2. The Bertz CT molecular complexity index is 835. The van der Waals surface area contributed by atoms with Crippen LogP contribution < -0.4 is 16.4 Å². The second-order valence-corrected chi connectivity index (χ2v) is 6.45. The lowest BCUT2D eigenvalue weighted by atomic mass is 10.0. The topological polar surface area (TPSA) is 67.1 Å². The van der Waals surface area contributed by atoms with Crippen LogP contribution in [0.4, 0.5) is 16.2 Å². The second-order valence-electron chi connectivity index (χ2n) is 5.60. The SMILES string of the molecule is C=C/C=C(\C=C(\C)N)c1ccc(NC(=O)Nc2ccccc2SC)cc1. The van der Waals surface area contributed by atoms with Gasteiger partial charge >= 0.3 is 6.03 Å². The Labute approximate surface area is 158 Å². The van der Waals surface area contributed by atoms with Gasteiger partial charge in [-0.25, -0.2) is 4.79 Å². The molecule has 0 fully saturated rings. The van der Waals surface area contributed by atoms with Crippen LogP contribution in [0.3, 0.4) is 0 Å². The number of hydrogen-bond donors (Lipinski definition) is 3. The van der Waals surface area contributed by atoms with Crippen LogP contribution in [0, 0.1) is 0 Å². The smallest absolute Gasteiger partial charge is 0.323 e. The number of rotatable bonds is 6. The molecule has 0 aliphatic heterocycles. The number of thioether (sulfide) groups is 1. The standard InChI is InChI=1S/C21H23N3OS/c1-4-7-17(14-15(2)22)16-10-12-18(13-11-16)23-21(25)24-19-8-5-6-9-20(19)26-3/h4-14H,1,22H2,2-3H3,(H2,23,24,25)/b15-14-,17-7+. The van der Waals surface area contributed by atoms with Crippen LogP contribution in [0.5, 0.6) is 0 Å². The summed E-state index contributed by atoms with van der Waals surface area (Å²) in [7, 11) is 0. The summed E-state index contributed by atoms with van der Waals surface area (Å²) in [5.74, 6) is 0. The molecule has 0 atom stereocenters. The summed E-state index contributed by atoms with van der Waals surface area (Å²) in [5.41, 5.74) is 9.94. The first-order valence-electron chi connectivity index (χ1n) is 8.11. The molecular weight excluding hydrogens is 342 g/mol. The van der Waals surface area contributed by atoms with Crippen molar-refractivity contribution in [2.45, 2.75) is 11.8 Å². The zero-order valence-corrected chi connectivity index (χ0v) is 15.8. The molecule has 0 bridgehead atoms. The molecule has 2 rings (SSSR count). The van der Waals surface area contributed by atoms with E-state index < -0.39 is 0 Å². The molecule has 4 nitrogen and oxygen atoms in total. The molecule has 0 saturated heterocycles. The van der Waals surface area contributed by atoms with Crippen LogP contribution in [0.25, 0.3) is 5.57 Å². The van der Waals surface area contributed by atoms with Gasteiger partial charge in [0.2, 0.25) is 0 Å². The maximum atomic E-state index is 12.2. The first-order valence-corrected chi connectivity index (χ1v) is 9.34. The lowest BCUT2D eigenvalue weighted by Crippen LogP contribution is -2.19.